The first-order valence-corrected chi connectivity index (χ1v) is 10.0. The van der Waals surface area contributed by atoms with Crippen molar-refractivity contribution in [3.05, 3.63) is 59.1 Å². The Morgan fingerprint density at radius 1 is 1.10 bits per heavy atom. The van der Waals surface area contributed by atoms with Crippen LogP contribution in [0.3, 0.4) is 0 Å². The summed E-state index contributed by atoms with van der Waals surface area (Å²) >= 11 is 3.50. The molecule has 1 aliphatic heterocycles. The van der Waals surface area contributed by atoms with Crippen LogP contribution in [0.2, 0.25) is 0 Å². The molecule has 1 saturated heterocycles. The second-order valence-electron chi connectivity index (χ2n) is 6.67. The van der Waals surface area contributed by atoms with Gasteiger partial charge < -0.3 is 15.0 Å². The number of para-hydroxylation sites is 1. The number of anilines is 2. The first-order chi connectivity index (χ1) is 14.2. The highest BCUT2D eigenvalue weighted by molar-refractivity contribution is 9.10. The Bertz CT molecular complexity index is 1220. The zero-order valence-electron chi connectivity index (χ0n) is 15.4. The number of rotatable bonds is 3. The van der Waals surface area contributed by atoms with Crippen LogP contribution in [0.15, 0.2) is 53.4 Å². The van der Waals surface area contributed by atoms with E-state index >= 15 is 0 Å². The zero-order chi connectivity index (χ0) is 19.8. The van der Waals surface area contributed by atoms with Crippen molar-refractivity contribution < 1.29 is 9.53 Å². The zero-order valence-corrected chi connectivity index (χ0v) is 17.0. The SMILES string of the molecule is O=C(Nc1cn2c(Br)cnc(N3CCOCC3)c2n1)c1ccc2ccccc2n1. The Morgan fingerprint density at radius 2 is 1.93 bits per heavy atom. The number of carbonyl (C=O) groups excluding carboxylic acids is 1. The number of ether oxygens (including phenoxy) is 1. The standard InChI is InChI=1S/C20H17BrN6O2/c21-16-11-22-18(26-7-9-29-10-8-26)19-24-17(12-27(16)19)25-20(28)15-6-5-13-3-1-2-4-14(13)23-15/h1-6,11-12H,7-10H2,(H,25,28). The fourth-order valence-corrected chi connectivity index (χ4v) is 3.74. The molecule has 4 aromatic rings. The number of aromatic nitrogens is 4. The second kappa shape index (κ2) is 7.41. The van der Waals surface area contributed by atoms with Crippen LogP contribution in [0.1, 0.15) is 10.5 Å². The lowest BCUT2D eigenvalue weighted by Crippen LogP contribution is -2.37. The van der Waals surface area contributed by atoms with Crippen LogP contribution in [0.5, 0.6) is 0 Å². The van der Waals surface area contributed by atoms with E-state index in [1.165, 1.54) is 0 Å². The molecule has 0 saturated carbocycles. The predicted octanol–water partition coefficient (Wildman–Crippen LogP) is 3.13. The molecule has 0 bridgehead atoms. The van der Waals surface area contributed by atoms with E-state index in [-0.39, 0.29) is 5.91 Å². The van der Waals surface area contributed by atoms with Crippen molar-refractivity contribution in [1.29, 1.82) is 0 Å². The molecule has 29 heavy (non-hydrogen) atoms. The lowest BCUT2D eigenvalue weighted by atomic mass is 10.2. The maximum atomic E-state index is 12.7. The lowest BCUT2D eigenvalue weighted by Gasteiger charge is -2.27. The highest BCUT2D eigenvalue weighted by Gasteiger charge is 2.19. The van der Waals surface area contributed by atoms with E-state index in [0.29, 0.717) is 30.4 Å². The third-order valence-corrected chi connectivity index (χ3v) is 5.40. The van der Waals surface area contributed by atoms with E-state index in [0.717, 1.165) is 34.4 Å². The highest BCUT2D eigenvalue weighted by Crippen LogP contribution is 2.25. The van der Waals surface area contributed by atoms with Crippen molar-refractivity contribution in [3.8, 4) is 0 Å². The summed E-state index contributed by atoms with van der Waals surface area (Å²) < 4.78 is 8.04. The molecule has 146 valence electrons. The fourth-order valence-electron chi connectivity index (χ4n) is 3.37. The maximum absolute atomic E-state index is 12.7. The van der Waals surface area contributed by atoms with Crippen LogP contribution in [0.4, 0.5) is 11.6 Å². The fraction of sp³-hybridized carbons (Fsp3) is 0.200. The summed E-state index contributed by atoms with van der Waals surface area (Å²) in [6, 6.07) is 11.3. The largest absolute Gasteiger partial charge is 0.378 e. The van der Waals surface area contributed by atoms with Crippen molar-refractivity contribution in [2.45, 2.75) is 0 Å². The molecule has 0 aliphatic carbocycles. The van der Waals surface area contributed by atoms with E-state index in [4.69, 9.17) is 4.74 Å². The van der Waals surface area contributed by atoms with Crippen LogP contribution in [-0.2, 0) is 4.74 Å². The Labute approximate surface area is 174 Å². The first kappa shape index (κ1) is 18.0. The van der Waals surface area contributed by atoms with Crippen molar-refractivity contribution in [2.75, 3.05) is 36.5 Å². The van der Waals surface area contributed by atoms with Crippen LogP contribution in [0.25, 0.3) is 16.6 Å². The number of hydrogen-bond acceptors (Lipinski definition) is 6. The minimum absolute atomic E-state index is 0.309. The van der Waals surface area contributed by atoms with Gasteiger partial charge in [0, 0.05) is 18.5 Å². The topological polar surface area (TPSA) is 84.7 Å². The normalized spacial score (nSPS) is 14.4. The van der Waals surface area contributed by atoms with Gasteiger partial charge in [0.05, 0.1) is 31.1 Å². The number of pyridine rings is 1. The van der Waals surface area contributed by atoms with Gasteiger partial charge in [-0.25, -0.2) is 15.0 Å². The molecule has 1 aliphatic rings. The Morgan fingerprint density at radius 3 is 2.79 bits per heavy atom. The first-order valence-electron chi connectivity index (χ1n) is 9.22. The van der Waals surface area contributed by atoms with Gasteiger partial charge in [-0.3, -0.25) is 9.20 Å². The number of morpholine rings is 1. The molecule has 1 amide bonds. The molecule has 0 atom stereocenters. The van der Waals surface area contributed by atoms with Gasteiger partial charge in [-0.15, -0.1) is 0 Å². The molecule has 8 nitrogen and oxygen atoms in total. The molecule has 1 fully saturated rings. The van der Waals surface area contributed by atoms with E-state index < -0.39 is 0 Å². The number of fused-ring (bicyclic) bond motifs is 2. The highest BCUT2D eigenvalue weighted by atomic mass is 79.9. The van der Waals surface area contributed by atoms with Gasteiger partial charge in [-0.2, -0.15) is 0 Å². The number of nitrogens with zero attached hydrogens (tertiary/aromatic N) is 5. The third-order valence-electron chi connectivity index (χ3n) is 4.81. The van der Waals surface area contributed by atoms with Crippen LogP contribution >= 0.6 is 15.9 Å². The molecule has 3 aromatic heterocycles. The molecule has 9 heteroatoms. The molecule has 5 rings (SSSR count). The minimum atomic E-state index is -0.309. The van der Waals surface area contributed by atoms with Crippen LogP contribution < -0.4 is 10.2 Å². The number of amides is 1. The van der Waals surface area contributed by atoms with Crippen molar-refractivity contribution in [2.24, 2.45) is 0 Å². The summed E-state index contributed by atoms with van der Waals surface area (Å²) in [6.45, 7) is 2.81. The number of benzene rings is 1. The summed E-state index contributed by atoms with van der Waals surface area (Å²) in [5.41, 5.74) is 1.78. The average molecular weight is 453 g/mol. The van der Waals surface area contributed by atoms with E-state index in [2.05, 4.69) is 41.1 Å². The molecule has 1 aromatic carbocycles. The summed E-state index contributed by atoms with van der Waals surface area (Å²) in [6.07, 6.45) is 3.50. The number of halogens is 1. The quantitative estimate of drug-likeness (QED) is 0.513. The third kappa shape index (κ3) is 3.43. The lowest BCUT2D eigenvalue weighted by molar-refractivity contribution is 0.102. The number of imidazole rings is 1. The molecular weight excluding hydrogens is 436 g/mol. The Kier molecular flexibility index (Phi) is 4.61. The monoisotopic (exact) mass is 452 g/mol. The Balaban J connectivity index is 1.46. The smallest absolute Gasteiger partial charge is 0.275 e. The summed E-state index contributed by atoms with van der Waals surface area (Å²) in [4.78, 5) is 28.4. The van der Waals surface area contributed by atoms with E-state index in [1.807, 2.05) is 34.7 Å². The van der Waals surface area contributed by atoms with E-state index in [1.54, 1.807) is 18.5 Å². The maximum Gasteiger partial charge on any atom is 0.275 e. The number of nitrogens with one attached hydrogen (secondary N) is 1. The molecule has 0 spiro atoms. The molecule has 0 unspecified atom stereocenters. The average Bonchev–Trinajstić information content (AvgIpc) is 3.18. The van der Waals surface area contributed by atoms with Crippen molar-refractivity contribution in [1.82, 2.24) is 19.4 Å². The number of carbonyl (C=O) groups is 1. The summed E-state index contributed by atoms with van der Waals surface area (Å²) in [7, 11) is 0. The molecule has 0 radical (unpaired) electrons. The van der Waals surface area contributed by atoms with Gasteiger partial charge in [-0.05, 0) is 28.1 Å². The van der Waals surface area contributed by atoms with Gasteiger partial charge in [0.1, 0.15) is 10.3 Å². The minimum Gasteiger partial charge on any atom is -0.378 e. The number of hydrogen-bond donors (Lipinski definition) is 1. The van der Waals surface area contributed by atoms with Gasteiger partial charge in [0.25, 0.3) is 5.91 Å². The van der Waals surface area contributed by atoms with Gasteiger partial charge in [0.2, 0.25) is 0 Å². The summed E-state index contributed by atoms with van der Waals surface area (Å²) in [5, 5.41) is 3.83. The van der Waals surface area contributed by atoms with E-state index in [9.17, 15) is 4.79 Å². The van der Waals surface area contributed by atoms with Gasteiger partial charge >= 0.3 is 0 Å². The van der Waals surface area contributed by atoms with Gasteiger partial charge in [0.15, 0.2) is 17.3 Å². The van der Waals surface area contributed by atoms with Crippen LogP contribution in [0, 0.1) is 0 Å². The molecule has 1 N–H and O–H groups in total. The molecular formula is C20H17BrN6O2. The Hall–Kier alpha value is -3.04. The van der Waals surface area contributed by atoms with Crippen molar-refractivity contribution >= 4 is 50.0 Å². The van der Waals surface area contributed by atoms with Crippen LogP contribution in [-0.4, -0.2) is 51.6 Å². The summed E-state index contributed by atoms with van der Waals surface area (Å²) in [5.74, 6) is 0.894. The predicted molar refractivity (Wildman–Crippen MR) is 113 cm³/mol. The van der Waals surface area contributed by atoms with Gasteiger partial charge in [-0.1, -0.05) is 24.3 Å². The second-order valence-corrected chi connectivity index (χ2v) is 7.48. The van der Waals surface area contributed by atoms with Crippen molar-refractivity contribution in [3.63, 3.8) is 0 Å². The molecule has 4 heterocycles.